The molecule has 3 rings (SSSR count). The van der Waals surface area contributed by atoms with E-state index < -0.39 is 52.4 Å². The highest BCUT2D eigenvalue weighted by Gasteiger charge is 2.45. The number of esters is 1. The first-order chi connectivity index (χ1) is 13.7. The number of carbonyl (C=O) groups is 2. The second-order valence-corrected chi connectivity index (χ2v) is 7.06. The Morgan fingerprint density at radius 3 is 2.21 bits per heavy atom. The van der Waals surface area contributed by atoms with Crippen LogP contribution in [0.25, 0.3) is 0 Å². The van der Waals surface area contributed by atoms with E-state index in [1.54, 1.807) is 0 Å². The molecule has 0 saturated heterocycles. The average molecular weight is 409 g/mol. The lowest BCUT2D eigenvalue weighted by molar-refractivity contribution is -0.159. The van der Waals surface area contributed by atoms with Gasteiger partial charge in [-0.05, 0) is 49.6 Å². The molecule has 1 N–H and O–H groups in total. The molecule has 0 unspecified atom stereocenters. The first-order valence-corrected chi connectivity index (χ1v) is 9.16. The fourth-order valence-corrected chi connectivity index (χ4v) is 3.54. The van der Waals surface area contributed by atoms with Crippen molar-refractivity contribution in [2.45, 2.75) is 44.1 Å². The van der Waals surface area contributed by atoms with Crippen LogP contribution in [0.4, 0.5) is 23.2 Å². The molecule has 2 aromatic carbocycles. The van der Waals surface area contributed by atoms with Crippen molar-refractivity contribution in [2.24, 2.45) is 0 Å². The van der Waals surface area contributed by atoms with Gasteiger partial charge in [-0.15, -0.1) is 0 Å². The van der Waals surface area contributed by atoms with Crippen molar-refractivity contribution in [3.8, 4) is 0 Å². The molecule has 1 amide bonds. The van der Waals surface area contributed by atoms with Gasteiger partial charge < -0.3 is 10.1 Å². The van der Waals surface area contributed by atoms with Crippen LogP contribution in [0.5, 0.6) is 0 Å². The van der Waals surface area contributed by atoms with Crippen LogP contribution < -0.4 is 5.32 Å². The van der Waals surface area contributed by atoms with Crippen molar-refractivity contribution in [2.75, 3.05) is 5.32 Å². The number of hydrogen-bond donors (Lipinski definition) is 1. The summed E-state index contributed by atoms with van der Waals surface area (Å²) in [6.07, 6.45) is 1.21. The van der Waals surface area contributed by atoms with Gasteiger partial charge in [0, 0.05) is 0 Å². The third kappa shape index (κ3) is 4.11. The highest BCUT2D eigenvalue weighted by Crippen LogP contribution is 2.42. The van der Waals surface area contributed by atoms with Crippen LogP contribution in [0.3, 0.4) is 0 Å². The molecule has 0 aliphatic heterocycles. The molecule has 1 fully saturated rings. The highest BCUT2D eigenvalue weighted by molar-refractivity contribution is 5.96. The maximum absolute atomic E-state index is 13.7. The van der Waals surface area contributed by atoms with E-state index in [1.807, 2.05) is 0 Å². The zero-order chi connectivity index (χ0) is 21.2. The van der Waals surface area contributed by atoms with Gasteiger partial charge in [-0.1, -0.05) is 25.0 Å². The number of carbonyl (C=O) groups excluding carboxylic acids is 2. The third-order valence-corrected chi connectivity index (χ3v) is 5.19. The van der Waals surface area contributed by atoms with Crippen molar-refractivity contribution in [3.63, 3.8) is 0 Å². The molecule has 0 bridgehead atoms. The minimum absolute atomic E-state index is 0.434. The Hall–Kier alpha value is -2.90. The summed E-state index contributed by atoms with van der Waals surface area (Å²) < 4.78 is 58.6. The zero-order valence-corrected chi connectivity index (χ0v) is 15.6. The highest BCUT2D eigenvalue weighted by atomic mass is 19.2. The van der Waals surface area contributed by atoms with E-state index in [1.165, 1.54) is 31.2 Å². The molecule has 0 spiro atoms. The summed E-state index contributed by atoms with van der Waals surface area (Å²) in [5.41, 5.74) is -0.957. The largest absolute Gasteiger partial charge is 0.452 e. The SMILES string of the molecule is C[C@H](OC(=O)C1(c2ccc(F)cc2)CCCC1)C(=O)Nc1ccc(F)c(F)c1F. The lowest BCUT2D eigenvalue weighted by Gasteiger charge is -2.28. The Bertz CT molecular complexity index is 924. The molecule has 0 radical (unpaired) electrons. The van der Waals surface area contributed by atoms with Crippen LogP contribution in [-0.4, -0.2) is 18.0 Å². The molecule has 1 aliphatic rings. The predicted octanol–water partition coefficient (Wildman–Crippen LogP) is 4.63. The average Bonchev–Trinajstić information content (AvgIpc) is 3.20. The summed E-state index contributed by atoms with van der Waals surface area (Å²) in [5.74, 6) is -6.62. The van der Waals surface area contributed by atoms with Gasteiger partial charge in [0.1, 0.15) is 5.82 Å². The van der Waals surface area contributed by atoms with Gasteiger partial charge >= 0.3 is 5.97 Å². The van der Waals surface area contributed by atoms with Crippen LogP contribution in [0, 0.1) is 23.3 Å². The molecule has 154 valence electrons. The number of halogens is 4. The topological polar surface area (TPSA) is 55.4 Å². The number of amides is 1. The number of nitrogens with one attached hydrogen (secondary N) is 1. The van der Waals surface area contributed by atoms with Gasteiger partial charge in [0.15, 0.2) is 23.6 Å². The molecule has 0 aromatic heterocycles. The van der Waals surface area contributed by atoms with E-state index in [0.29, 0.717) is 24.5 Å². The lowest BCUT2D eigenvalue weighted by atomic mass is 9.79. The van der Waals surface area contributed by atoms with Gasteiger partial charge in [-0.2, -0.15) is 0 Å². The molecular weight excluding hydrogens is 390 g/mol. The number of anilines is 1. The molecule has 1 saturated carbocycles. The van der Waals surface area contributed by atoms with Crippen molar-refractivity contribution >= 4 is 17.6 Å². The second-order valence-electron chi connectivity index (χ2n) is 7.06. The minimum Gasteiger partial charge on any atom is -0.452 e. The zero-order valence-electron chi connectivity index (χ0n) is 15.6. The Balaban J connectivity index is 1.74. The molecule has 1 atom stereocenters. The van der Waals surface area contributed by atoms with Crippen molar-refractivity contribution < 1.29 is 31.9 Å². The van der Waals surface area contributed by atoms with Crippen molar-refractivity contribution in [1.82, 2.24) is 0 Å². The van der Waals surface area contributed by atoms with Crippen LogP contribution in [0.15, 0.2) is 36.4 Å². The third-order valence-electron chi connectivity index (χ3n) is 5.19. The van der Waals surface area contributed by atoms with Gasteiger partial charge in [-0.3, -0.25) is 9.59 Å². The van der Waals surface area contributed by atoms with Gasteiger partial charge in [-0.25, -0.2) is 17.6 Å². The van der Waals surface area contributed by atoms with Crippen molar-refractivity contribution in [3.05, 3.63) is 65.2 Å². The molecule has 8 heteroatoms. The predicted molar refractivity (Wildman–Crippen MR) is 97.0 cm³/mol. The maximum Gasteiger partial charge on any atom is 0.317 e. The van der Waals surface area contributed by atoms with E-state index in [9.17, 15) is 27.2 Å². The first kappa shape index (κ1) is 20.8. The molecule has 1 aliphatic carbocycles. The fourth-order valence-electron chi connectivity index (χ4n) is 3.54. The van der Waals surface area contributed by atoms with Gasteiger partial charge in [0.05, 0.1) is 11.1 Å². The first-order valence-electron chi connectivity index (χ1n) is 9.16. The molecule has 2 aromatic rings. The molecule has 4 nitrogen and oxygen atoms in total. The Morgan fingerprint density at radius 2 is 1.59 bits per heavy atom. The van der Waals surface area contributed by atoms with Crippen molar-refractivity contribution in [1.29, 1.82) is 0 Å². The summed E-state index contributed by atoms with van der Waals surface area (Å²) in [4.78, 5) is 25.2. The van der Waals surface area contributed by atoms with Crippen LogP contribution in [-0.2, 0) is 19.7 Å². The fraction of sp³-hybridized carbons (Fsp3) is 0.333. The van der Waals surface area contributed by atoms with Crippen LogP contribution in [0.1, 0.15) is 38.2 Å². The summed E-state index contributed by atoms with van der Waals surface area (Å²) in [6.45, 7) is 1.29. The summed E-state index contributed by atoms with van der Waals surface area (Å²) in [6, 6.07) is 7.09. The summed E-state index contributed by atoms with van der Waals surface area (Å²) in [7, 11) is 0. The maximum atomic E-state index is 13.7. The normalized spacial score (nSPS) is 16.3. The number of hydrogen-bond acceptors (Lipinski definition) is 3. The summed E-state index contributed by atoms with van der Waals surface area (Å²) >= 11 is 0. The Morgan fingerprint density at radius 1 is 0.966 bits per heavy atom. The van der Waals surface area contributed by atoms with Gasteiger partial charge in [0.2, 0.25) is 0 Å². The summed E-state index contributed by atoms with van der Waals surface area (Å²) in [5, 5.41) is 2.09. The number of rotatable bonds is 5. The minimum atomic E-state index is -1.71. The lowest BCUT2D eigenvalue weighted by Crippen LogP contribution is -2.40. The Kier molecular flexibility index (Phi) is 5.91. The van der Waals surface area contributed by atoms with E-state index in [0.717, 1.165) is 18.9 Å². The monoisotopic (exact) mass is 409 g/mol. The molecule has 0 heterocycles. The standard InChI is InChI=1S/C21H19F4NO3/c1-12(19(27)26-16-9-8-15(23)17(24)18(16)25)29-20(28)21(10-2-3-11-21)13-4-6-14(22)7-5-13/h4-9,12H,2-3,10-11H2,1H3,(H,26,27)/t12-/m0/s1. The molecular formula is C21H19F4NO3. The quantitative estimate of drug-likeness (QED) is 0.445. The molecule has 29 heavy (non-hydrogen) atoms. The van der Waals surface area contributed by atoms with E-state index >= 15 is 0 Å². The smallest absolute Gasteiger partial charge is 0.317 e. The van der Waals surface area contributed by atoms with E-state index in [-0.39, 0.29) is 0 Å². The van der Waals surface area contributed by atoms with E-state index in [4.69, 9.17) is 4.74 Å². The van der Waals surface area contributed by atoms with Gasteiger partial charge in [0.25, 0.3) is 5.91 Å². The van der Waals surface area contributed by atoms with Crippen LogP contribution >= 0.6 is 0 Å². The second kappa shape index (κ2) is 8.23. The van der Waals surface area contributed by atoms with E-state index in [2.05, 4.69) is 5.32 Å². The number of ether oxygens (including phenoxy) is 1. The Labute approximate surface area is 164 Å². The number of benzene rings is 2. The van der Waals surface area contributed by atoms with Crippen LogP contribution in [0.2, 0.25) is 0 Å².